The summed E-state index contributed by atoms with van der Waals surface area (Å²) in [6.07, 6.45) is 1.60. The van der Waals surface area contributed by atoms with Gasteiger partial charge in [0.15, 0.2) is 5.82 Å². The lowest BCUT2D eigenvalue weighted by Crippen LogP contribution is -2.12. The lowest BCUT2D eigenvalue weighted by molar-refractivity contribution is 0.0995. The number of hydrogen-bond acceptors (Lipinski definition) is 4. The van der Waals surface area contributed by atoms with Crippen LogP contribution in [-0.4, -0.2) is 25.7 Å². The number of nitrogens with zero attached hydrogens (tertiary/aromatic N) is 4. The highest BCUT2D eigenvalue weighted by Crippen LogP contribution is 2.16. The molecule has 0 aliphatic carbocycles. The summed E-state index contributed by atoms with van der Waals surface area (Å²) in [6.45, 7) is 3.93. The quantitative estimate of drug-likeness (QED) is 0.853. The van der Waals surface area contributed by atoms with Crippen molar-refractivity contribution in [1.29, 1.82) is 0 Å². The minimum atomic E-state index is -0.585. The van der Waals surface area contributed by atoms with Crippen LogP contribution >= 0.6 is 11.6 Å². The summed E-state index contributed by atoms with van der Waals surface area (Å²) in [5, 5.41) is 4.35. The van der Waals surface area contributed by atoms with Gasteiger partial charge >= 0.3 is 0 Å². The summed E-state index contributed by atoms with van der Waals surface area (Å²) in [4.78, 5) is 19.4. The molecule has 2 rings (SSSR count). The van der Waals surface area contributed by atoms with Crippen molar-refractivity contribution in [3.05, 3.63) is 35.0 Å². The Morgan fingerprint density at radius 2 is 2.17 bits per heavy atom. The van der Waals surface area contributed by atoms with Crippen LogP contribution in [0.5, 0.6) is 0 Å². The molecule has 0 aliphatic rings. The Hall–Kier alpha value is -1.95. The van der Waals surface area contributed by atoms with Crippen LogP contribution in [0.15, 0.2) is 18.3 Å². The van der Waals surface area contributed by atoms with Crippen LogP contribution in [-0.2, 0) is 0 Å². The van der Waals surface area contributed by atoms with Gasteiger partial charge in [-0.2, -0.15) is 5.10 Å². The molecule has 2 aromatic rings. The SMILES string of the molecule is CC(C)c1nc(Cl)cc(-n2ccc(C(N)=O)n2)n1. The highest BCUT2D eigenvalue weighted by Gasteiger charge is 2.11. The Morgan fingerprint density at radius 3 is 2.72 bits per heavy atom. The smallest absolute Gasteiger partial charge is 0.269 e. The maximum Gasteiger partial charge on any atom is 0.269 e. The monoisotopic (exact) mass is 265 g/mol. The van der Waals surface area contributed by atoms with E-state index in [2.05, 4.69) is 15.1 Å². The molecule has 0 aromatic carbocycles. The maximum absolute atomic E-state index is 11.0. The van der Waals surface area contributed by atoms with Gasteiger partial charge in [-0.15, -0.1) is 0 Å². The summed E-state index contributed by atoms with van der Waals surface area (Å²) in [5.41, 5.74) is 5.32. The third-order valence-corrected chi connectivity index (χ3v) is 2.48. The number of carbonyl (C=O) groups excluding carboxylic acids is 1. The van der Waals surface area contributed by atoms with Crippen LogP contribution in [0.2, 0.25) is 5.15 Å². The van der Waals surface area contributed by atoms with E-state index in [1.807, 2.05) is 13.8 Å². The standard InChI is InChI=1S/C11H12ClN5O/c1-6(2)11-14-8(12)5-9(15-11)17-4-3-7(16-17)10(13)18/h3-6H,1-2H3,(H2,13,18). The molecule has 6 nitrogen and oxygen atoms in total. The van der Waals surface area contributed by atoms with E-state index >= 15 is 0 Å². The first-order valence-electron chi connectivity index (χ1n) is 5.37. The molecular weight excluding hydrogens is 254 g/mol. The van der Waals surface area contributed by atoms with Crippen molar-refractivity contribution >= 4 is 17.5 Å². The molecule has 0 spiro atoms. The van der Waals surface area contributed by atoms with Crippen molar-refractivity contribution in [3.63, 3.8) is 0 Å². The molecule has 1 amide bonds. The summed E-state index contributed by atoms with van der Waals surface area (Å²) in [6, 6.07) is 3.10. The molecule has 0 saturated carbocycles. The maximum atomic E-state index is 11.0. The molecule has 0 fully saturated rings. The van der Waals surface area contributed by atoms with E-state index in [1.165, 1.54) is 10.7 Å². The van der Waals surface area contributed by atoms with Gasteiger partial charge in [0.05, 0.1) is 0 Å². The molecule has 94 valence electrons. The lowest BCUT2D eigenvalue weighted by atomic mass is 10.2. The summed E-state index contributed by atoms with van der Waals surface area (Å²) in [5.74, 6) is 0.687. The highest BCUT2D eigenvalue weighted by molar-refractivity contribution is 6.29. The van der Waals surface area contributed by atoms with E-state index in [1.54, 1.807) is 12.3 Å². The van der Waals surface area contributed by atoms with Crippen molar-refractivity contribution in [1.82, 2.24) is 19.7 Å². The molecule has 2 N–H and O–H groups in total. The molecule has 0 atom stereocenters. The fourth-order valence-corrected chi connectivity index (χ4v) is 1.57. The van der Waals surface area contributed by atoms with Gasteiger partial charge in [-0.25, -0.2) is 14.6 Å². The van der Waals surface area contributed by atoms with Gasteiger partial charge in [0.2, 0.25) is 0 Å². The number of nitrogens with two attached hydrogens (primary N) is 1. The third kappa shape index (κ3) is 2.48. The Kier molecular flexibility index (Phi) is 3.29. The van der Waals surface area contributed by atoms with Crippen LogP contribution in [0.1, 0.15) is 36.1 Å². The first kappa shape index (κ1) is 12.5. The van der Waals surface area contributed by atoms with E-state index in [0.717, 1.165) is 0 Å². The van der Waals surface area contributed by atoms with Gasteiger partial charge in [-0.05, 0) is 6.07 Å². The molecular formula is C11H12ClN5O. The topological polar surface area (TPSA) is 86.7 Å². The van der Waals surface area contributed by atoms with E-state index < -0.39 is 5.91 Å². The van der Waals surface area contributed by atoms with Crippen molar-refractivity contribution in [2.45, 2.75) is 19.8 Å². The van der Waals surface area contributed by atoms with Crippen molar-refractivity contribution in [3.8, 4) is 5.82 Å². The van der Waals surface area contributed by atoms with Crippen molar-refractivity contribution in [2.24, 2.45) is 5.73 Å². The van der Waals surface area contributed by atoms with E-state index in [4.69, 9.17) is 17.3 Å². The zero-order valence-electron chi connectivity index (χ0n) is 9.96. The number of carbonyl (C=O) groups is 1. The average molecular weight is 266 g/mol. The van der Waals surface area contributed by atoms with Crippen LogP contribution in [0.3, 0.4) is 0 Å². The number of rotatable bonds is 3. The average Bonchev–Trinajstić information content (AvgIpc) is 2.77. The van der Waals surface area contributed by atoms with E-state index in [-0.39, 0.29) is 11.6 Å². The molecule has 0 radical (unpaired) electrons. The van der Waals surface area contributed by atoms with Crippen molar-refractivity contribution in [2.75, 3.05) is 0 Å². The van der Waals surface area contributed by atoms with Gasteiger partial charge in [-0.1, -0.05) is 25.4 Å². The minimum absolute atomic E-state index is 0.147. The molecule has 2 heterocycles. The van der Waals surface area contributed by atoms with Gasteiger partial charge in [0.1, 0.15) is 16.7 Å². The third-order valence-electron chi connectivity index (χ3n) is 2.29. The number of aromatic nitrogens is 4. The second-order valence-electron chi connectivity index (χ2n) is 4.07. The highest BCUT2D eigenvalue weighted by atomic mass is 35.5. The second kappa shape index (κ2) is 4.73. The molecule has 0 bridgehead atoms. The largest absolute Gasteiger partial charge is 0.364 e. The Morgan fingerprint density at radius 1 is 1.44 bits per heavy atom. The van der Waals surface area contributed by atoms with Gasteiger partial charge in [0.25, 0.3) is 5.91 Å². The zero-order chi connectivity index (χ0) is 13.3. The summed E-state index contributed by atoms with van der Waals surface area (Å²) >= 11 is 5.93. The lowest BCUT2D eigenvalue weighted by Gasteiger charge is -2.07. The molecule has 0 aliphatic heterocycles. The number of primary amides is 1. The molecule has 0 unspecified atom stereocenters. The van der Waals surface area contributed by atoms with Crippen LogP contribution in [0, 0.1) is 0 Å². The molecule has 18 heavy (non-hydrogen) atoms. The van der Waals surface area contributed by atoms with E-state index in [0.29, 0.717) is 16.8 Å². The van der Waals surface area contributed by atoms with Crippen LogP contribution in [0.25, 0.3) is 5.82 Å². The fraction of sp³-hybridized carbons (Fsp3) is 0.273. The van der Waals surface area contributed by atoms with Gasteiger partial charge in [0, 0.05) is 18.2 Å². The summed E-state index contributed by atoms with van der Waals surface area (Å²) < 4.78 is 1.44. The molecule has 0 saturated heterocycles. The first-order chi connectivity index (χ1) is 8.47. The predicted molar refractivity (Wildman–Crippen MR) is 66.8 cm³/mol. The zero-order valence-corrected chi connectivity index (χ0v) is 10.7. The van der Waals surface area contributed by atoms with Crippen molar-refractivity contribution < 1.29 is 4.79 Å². The Bertz CT molecular complexity index is 593. The summed E-state index contributed by atoms with van der Waals surface area (Å²) in [7, 11) is 0. The Balaban J connectivity index is 2.46. The normalized spacial score (nSPS) is 10.9. The Labute approximate surface area is 109 Å². The number of halogens is 1. The van der Waals surface area contributed by atoms with E-state index in [9.17, 15) is 4.79 Å². The molecule has 7 heteroatoms. The van der Waals surface area contributed by atoms with Crippen LogP contribution < -0.4 is 5.73 Å². The predicted octanol–water partition coefficient (Wildman–Crippen LogP) is 1.54. The number of amides is 1. The first-order valence-corrected chi connectivity index (χ1v) is 5.75. The van der Waals surface area contributed by atoms with Gasteiger partial charge in [-0.3, -0.25) is 4.79 Å². The molecule has 2 aromatic heterocycles. The minimum Gasteiger partial charge on any atom is -0.364 e. The van der Waals surface area contributed by atoms with Crippen LogP contribution in [0.4, 0.5) is 0 Å². The number of hydrogen-bond donors (Lipinski definition) is 1. The second-order valence-corrected chi connectivity index (χ2v) is 4.46. The fourth-order valence-electron chi connectivity index (χ4n) is 1.38. The van der Waals surface area contributed by atoms with Gasteiger partial charge < -0.3 is 5.73 Å².